The summed E-state index contributed by atoms with van der Waals surface area (Å²) in [5.41, 5.74) is 3.14. The topological polar surface area (TPSA) is 75.3 Å². The zero-order chi connectivity index (χ0) is 20.3. The number of carbonyl (C=O) groups is 1. The zero-order valence-electron chi connectivity index (χ0n) is 15.4. The molecule has 0 unspecified atom stereocenters. The van der Waals surface area contributed by atoms with Gasteiger partial charge in [-0.05, 0) is 90.0 Å². The van der Waals surface area contributed by atoms with E-state index in [0.717, 1.165) is 20.4 Å². The summed E-state index contributed by atoms with van der Waals surface area (Å²) in [5, 5.41) is 2.88. The maximum absolute atomic E-state index is 12.7. The molecular weight excluding hydrogens is 487 g/mol. The Bertz CT molecular complexity index is 1130. The molecule has 144 valence electrons. The smallest absolute Gasteiger partial charge is 0.261 e. The van der Waals surface area contributed by atoms with Crippen LogP contribution in [0.1, 0.15) is 21.5 Å². The molecule has 0 atom stereocenters. The number of hydrogen-bond acceptors (Lipinski definition) is 3. The van der Waals surface area contributed by atoms with Gasteiger partial charge < -0.3 is 5.32 Å². The summed E-state index contributed by atoms with van der Waals surface area (Å²) in [7, 11) is -3.73. The van der Waals surface area contributed by atoms with Crippen LogP contribution < -0.4 is 10.0 Å². The fourth-order valence-electron chi connectivity index (χ4n) is 2.64. The van der Waals surface area contributed by atoms with Crippen molar-refractivity contribution in [2.75, 3.05) is 10.0 Å². The van der Waals surface area contributed by atoms with Crippen molar-refractivity contribution < 1.29 is 13.2 Å². The van der Waals surface area contributed by atoms with E-state index in [9.17, 15) is 13.2 Å². The van der Waals surface area contributed by atoms with Crippen LogP contribution in [0, 0.1) is 17.4 Å². The first kappa shape index (κ1) is 20.3. The highest BCUT2D eigenvalue weighted by Gasteiger charge is 2.16. The Morgan fingerprint density at radius 2 is 1.57 bits per heavy atom. The van der Waals surface area contributed by atoms with Crippen LogP contribution in [0.4, 0.5) is 11.4 Å². The summed E-state index contributed by atoms with van der Waals surface area (Å²) < 4.78 is 28.8. The van der Waals surface area contributed by atoms with Crippen LogP contribution in [0.2, 0.25) is 0 Å². The number of nitrogens with one attached hydrogen (secondary N) is 2. The van der Waals surface area contributed by atoms with Gasteiger partial charge in [0.05, 0.1) is 10.6 Å². The van der Waals surface area contributed by atoms with E-state index in [0.29, 0.717) is 11.3 Å². The molecule has 3 aromatic rings. The van der Waals surface area contributed by atoms with Crippen LogP contribution in [0.5, 0.6) is 0 Å². The van der Waals surface area contributed by atoms with Crippen LogP contribution in [-0.4, -0.2) is 14.3 Å². The van der Waals surface area contributed by atoms with Gasteiger partial charge in [0.2, 0.25) is 0 Å². The number of sulfonamides is 1. The summed E-state index contributed by atoms with van der Waals surface area (Å²) in [4.78, 5) is 12.8. The Kier molecular flexibility index (Phi) is 6.04. The van der Waals surface area contributed by atoms with Gasteiger partial charge in [-0.1, -0.05) is 24.3 Å². The first-order chi connectivity index (χ1) is 13.3. The van der Waals surface area contributed by atoms with Gasteiger partial charge in [-0.25, -0.2) is 8.42 Å². The number of carbonyl (C=O) groups excluding carboxylic acids is 1. The maximum atomic E-state index is 12.7. The largest absolute Gasteiger partial charge is 0.322 e. The molecule has 0 aromatic heterocycles. The quantitative estimate of drug-likeness (QED) is 0.481. The fourth-order valence-corrected chi connectivity index (χ4v) is 4.43. The maximum Gasteiger partial charge on any atom is 0.261 e. The van der Waals surface area contributed by atoms with Gasteiger partial charge in [-0.2, -0.15) is 0 Å². The van der Waals surface area contributed by atoms with E-state index in [1.165, 1.54) is 12.1 Å². The lowest BCUT2D eigenvalue weighted by Crippen LogP contribution is -2.16. The van der Waals surface area contributed by atoms with E-state index < -0.39 is 10.0 Å². The van der Waals surface area contributed by atoms with E-state index >= 15 is 0 Å². The molecular formula is C21H19IN2O3S. The summed E-state index contributed by atoms with van der Waals surface area (Å²) in [5.74, 6) is -0.301. The van der Waals surface area contributed by atoms with Gasteiger partial charge in [0, 0.05) is 14.8 Å². The summed E-state index contributed by atoms with van der Waals surface area (Å²) in [6, 6.07) is 18.8. The molecule has 2 N–H and O–H groups in total. The van der Waals surface area contributed by atoms with Gasteiger partial charge in [-0.3, -0.25) is 9.52 Å². The molecule has 0 aliphatic carbocycles. The molecule has 0 saturated heterocycles. The molecule has 7 heteroatoms. The van der Waals surface area contributed by atoms with Crippen LogP contribution >= 0.6 is 22.6 Å². The fraction of sp³-hybridized carbons (Fsp3) is 0.0952. The second-order valence-corrected chi connectivity index (χ2v) is 9.29. The number of halogens is 1. The Hall–Kier alpha value is -2.39. The zero-order valence-corrected chi connectivity index (χ0v) is 18.3. The summed E-state index contributed by atoms with van der Waals surface area (Å²) in [6.07, 6.45) is 0. The molecule has 1 amide bonds. The number of aryl methyl sites for hydroxylation is 2. The summed E-state index contributed by atoms with van der Waals surface area (Å²) >= 11 is 2.21. The number of anilines is 2. The molecule has 0 aliphatic heterocycles. The van der Waals surface area contributed by atoms with E-state index in [2.05, 4.69) is 32.6 Å². The average molecular weight is 506 g/mol. The molecule has 0 spiro atoms. The highest BCUT2D eigenvalue weighted by Crippen LogP contribution is 2.23. The number of rotatable bonds is 5. The van der Waals surface area contributed by atoms with Gasteiger partial charge >= 0.3 is 0 Å². The van der Waals surface area contributed by atoms with Gasteiger partial charge in [0.15, 0.2) is 0 Å². The number of amides is 1. The van der Waals surface area contributed by atoms with E-state index in [-0.39, 0.29) is 10.8 Å². The molecule has 0 aliphatic rings. The summed E-state index contributed by atoms with van der Waals surface area (Å²) in [6.45, 7) is 3.71. The van der Waals surface area contributed by atoms with E-state index in [4.69, 9.17) is 0 Å². The minimum absolute atomic E-state index is 0.166. The predicted molar refractivity (Wildman–Crippen MR) is 120 cm³/mol. The minimum Gasteiger partial charge on any atom is -0.322 e. The van der Waals surface area contributed by atoms with E-state index in [1.807, 2.05) is 25.1 Å². The van der Waals surface area contributed by atoms with E-state index in [1.54, 1.807) is 43.3 Å². The van der Waals surface area contributed by atoms with Crippen molar-refractivity contribution in [3.63, 3.8) is 0 Å². The highest BCUT2D eigenvalue weighted by molar-refractivity contribution is 14.1. The third-order valence-electron chi connectivity index (χ3n) is 4.23. The lowest BCUT2D eigenvalue weighted by atomic mass is 10.1. The monoisotopic (exact) mass is 506 g/mol. The Balaban J connectivity index is 1.86. The standard InChI is InChI=1S/C21H19IN2O3S/c1-14-8-9-16(21(25)23-19-11-10-17(22)12-15(19)2)13-20(14)24-28(26,27)18-6-4-3-5-7-18/h3-13,24H,1-2H3,(H,23,25). The molecule has 0 radical (unpaired) electrons. The molecule has 0 saturated carbocycles. The lowest BCUT2D eigenvalue weighted by molar-refractivity contribution is 0.102. The third-order valence-corrected chi connectivity index (χ3v) is 6.29. The molecule has 3 rings (SSSR count). The second-order valence-electron chi connectivity index (χ2n) is 6.36. The van der Waals surface area contributed by atoms with Gasteiger partial charge in [0.25, 0.3) is 15.9 Å². The number of benzene rings is 3. The van der Waals surface area contributed by atoms with Crippen molar-refractivity contribution in [1.29, 1.82) is 0 Å². The second kappa shape index (κ2) is 8.32. The van der Waals surface area contributed by atoms with Gasteiger partial charge in [-0.15, -0.1) is 0 Å². The Morgan fingerprint density at radius 1 is 0.857 bits per heavy atom. The highest BCUT2D eigenvalue weighted by atomic mass is 127. The van der Waals surface area contributed by atoms with Crippen molar-refractivity contribution in [3.05, 3.63) is 87.0 Å². The van der Waals surface area contributed by atoms with Crippen molar-refractivity contribution >= 4 is 49.9 Å². The predicted octanol–water partition coefficient (Wildman–Crippen LogP) is 4.96. The third kappa shape index (κ3) is 4.71. The Labute approximate surface area is 178 Å². The molecule has 3 aromatic carbocycles. The van der Waals surface area contributed by atoms with Crippen molar-refractivity contribution in [2.45, 2.75) is 18.7 Å². The SMILES string of the molecule is Cc1cc(I)ccc1NC(=O)c1ccc(C)c(NS(=O)(=O)c2ccccc2)c1. The molecule has 28 heavy (non-hydrogen) atoms. The first-order valence-corrected chi connectivity index (χ1v) is 11.1. The van der Waals surface area contributed by atoms with Crippen molar-refractivity contribution in [1.82, 2.24) is 0 Å². The average Bonchev–Trinajstić information content (AvgIpc) is 2.66. The molecule has 0 bridgehead atoms. The first-order valence-electron chi connectivity index (χ1n) is 8.52. The number of hydrogen-bond donors (Lipinski definition) is 2. The molecule has 0 fully saturated rings. The van der Waals surface area contributed by atoms with Crippen LogP contribution in [0.15, 0.2) is 71.6 Å². The van der Waals surface area contributed by atoms with Crippen molar-refractivity contribution in [2.24, 2.45) is 0 Å². The molecule has 0 heterocycles. The molecule has 5 nitrogen and oxygen atoms in total. The van der Waals surface area contributed by atoms with Crippen LogP contribution in [0.3, 0.4) is 0 Å². The lowest BCUT2D eigenvalue weighted by Gasteiger charge is -2.13. The van der Waals surface area contributed by atoms with Crippen LogP contribution in [-0.2, 0) is 10.0 Å². The minimum atomic E-state index is -3.73. The van der Waals surface area contributed by atoms with Gasteiger partial charge in [0.1, 0.15) is 0 Å². The van der Waals surface area contributed by atoms with Crippen molar-refractivity contribution in [3.8, 4) is 0 Å². The Morgan fingerprint density at radius 3 is 2.25 bits per heavy atom. The normalized spacial score (nSPS) is 11.1. The van der Waals surface area contributed by atoms with Crippen LogP contribution in [0.25, 0.3) is 0 Å².